The Labute approximate surface area is 189 Å². The molecule has 1 aromatic rings. The van der Waals surface area contributed by atoms with Gasteiger partial charge in [-0.1, -0.05) is 30.3 Å². The third kappa shape index (κ3) is 5.48. The predicted octanol–water partition coefficient (Wildman–Crippen LogP) is 2.01. The molecular formula is C24H34N2O6. The van der Waals surface area contributed by atoms with Gasteiger partial charge in [0.2, 0.25) is 5.91 Å². The molecule has 0 bridgehead atoms. The highest BCUT2D eigenvalue weighted by Crippen LogP contribution is 2.43. The first kappa shape index (κ1) is 24.2. The molecule has 4 atom stereocenters. The zero-order valence-electron chi connectivity index (χ0n) is 18.9. The van der Waals surface area contributed by atoms with Crippen molar-refractivity contribution in [1.82, 2.24) is 10.2 Å². The maximum Gasteiger partial charge on any atom is 0.327 e. The Hall–Kier alpha value is -2.45. The summed E-state index contributed by atoms with van der Waals surface area (Å²) in [6.45, 7) is 4.94. The molecular weight excluding hydrogens is 412 g/mol. The number of aryl methyl sites for hydroxylation is 1. The molecule has 2 unspecified atom stereocenters. The number of piperidine rings is 1. The van der Waals surface area contributed by atoms with Gasteiger partial charge in [0.25, 0.3) is 0 Å². The first-order valence-electron chi connectivity index (χ1n) is 11.5. The van der Waals surface area contributed by atoms with Crippen LogP contribution in [0.5, 0.6) is 0 Å². The van der Waals surface area contributed by atoms with Crippen LogP contribution < -0.4 is 5.32 Å². The van der Waals surface area contributed by atoms with Crippen molar-refractivity contribution in [1.29, 1.82) is 0 Å². The number of carboxylic acids is 1. The summed E-state index contributed by atoms with van der Waals surface area (Å²) in [5, 5.41) is 13.1. The van der Waals surface area contributed by atoms with E-state index in [4.69, 9.17) is 9.47 Å². The van der Waals surface area contributed by atoms with Gasteiger partial charge in [0.15, 0.2) is 0 Å². The lowest BCUT2D eigenvalue weighted by atomic mass is 9.72. The molecule has 2 aliphatic rings. The van der Waals surface area contributed by atoms with Crippen LogP contribution in [0, 0.1) is 5.41 Å². The van der Waals surface area contributed by atoms with Crippen LogP contribution >= 0.6 is 0 Å². The molecule has 0 radical (unpaired) electrons. The van der Waals surface area contributed by atoms with Crippen molar-refractivity contribution in [2.45, 2.75) is 64.1 Å². The maximum absolute atomic E-state index is 13.4. The first-order valence-corrected chi connectivity index (χ1v) is 11.5. The molecule has 2 aliphatic heterocycles. The number of carbonyl (C=O) groups excluding carboxylic acids is 2. The second-order valence-corrected chi connectivity index (χ2v) is 8.76. The van der Waals surface area contributed by atoms with Crippen LogP contribution in [-0.4, -0.2) is 72.3 Å². The summed E-state index contributed by atoms with van der Waals surface area (Å²) < 4.78 is 10.7. The van der Waals surface area contributed by atoms with Gasteiger partial charge < -0.3 is 19.5 Å². The molecule has 176 valence electrons. The van der Waals surface area contributed by atoms with E-state index in [2.05, 4.69) is 5.32 Å². The minimum Gasteiger partial charge on any atom is -0.480 e. The fraction of sp³-hybridized carbons (Fsp3) is 0.625. The van der Waals surface area contributed by atoms with E-state index in [9.17, 15) is 19.5 Å². The molecule has 8 heteroatoms. The third-order valence-corrected chi connectivity index (χ3v) is 6.57. The van der Waals surface area contributed by atoms with Crippen LogP contribution in [0.2, 0.25) is 0 Å². The minimum atomic E-state index is -0.998. The minimum absolute atomic E-state index is 0.250. The summed E-state index contributed by atoms with van der Waals surface area (Å²) in [5.74, 6) is -1.71. The van der Waals surface area contributed by atoms with E-state index in [1.807, 2.05) is 30.3 Å². The van der Waals surface area contributed by atoms with Gasteiger partial charge in [0.05, 0.1) is 19.3 Å². The van der Waals surface area contributed by atoms with Crippen LogP contribution in [-0.2, 0) is 30.3 Å². The van der Waals surface area contributed by atoms with Crippen LogP contribution in [0.15, 0.2) is 30.3 Å². The summed E-state index contributed by atoms with van der Waals surface area (Å²) in [6.07, 6.45) is 3.23. The second-order valence-electron chi connectivity index (χ2n) is 8.76. The number of esters is 1. The Bertz CT molecular complexity index is 793. The Balaban J connectivity index is 1.71. The van der Waals surface area contributed by atoms with E-state index in [0.29, 0.717) is 39.0 Å². The molecule has 0 aromatic heterocycles. The Morgan fingerprint density at radius 2 is 2.03 bits per heavy atom. The van der Waals surface area contributed by atoms with Gasteiger partial charge in [0, 0.05) is 18.6 Å². The average molecular weight is 447 g/mol. The molecule has 2 fully saturated rings. The molecule has 2 N–H and O–H groups in total. The van der Waals surface area contributed by atoms with E-state index < -0.39 is 35.5 Å². The summed E-state index contributed by atoms with van der Waals surface area (Å²) >= 11 is 0. The van der Waals surface area contributed by atoms with Crippen molar-refractivity contribution < 1.29 is 29.0 Å². The first-order chi connectivity index (χ1) is 15.4. The summed E-state index contributed by atoms with van der Waals surface area (Å²) in [6, 6.07) is 7.51. The number of hydrogen-bond donors (Lipinski definition) is 2. The molecule has 0 saturated carbocycles. The number of benzene rings is 1. The number of amides is 1. The van der Waals surface area contributed by atoms with E-state index in [0.717, 1.165) is 18.4 Å². The van der Waals surface area contributed by atoms with Crippen molar-refractivity contribution in [3.05, 3.63) is 35.9 Å². The Morgan fingerprint density at radius 1 is 1.28 bits per heavy atom. The van der Waals surface area contributed by atoms with Crippen molar-refractivity contribution in [3.8, 4) is 0 Å². The highest BCUT2D eigenvalue weighted by Gasteiger charge is 2.52. The topological polar surface area (TPSA) is 105 Å². The molecule has 1 aromatic carbocycles. The molecule has 1 spiro atoms. The highest BCUT2D eigenvalue weighted by molar-refractivity contribution is 5.88. The summed E-state index contributed by atoms with van der Waals surface area (Å²) in [7, 11) is 0. The van der Waals surface area contributed by atoms with Gasteiger partial charge in [-0.15, -0.1) is 0 Å². The van der Waals surface area contributed by atoms with Crippen LogP contribution in [0.1, 0.15) is 45.1 Å². The van der Waals surface area contributed by atoms with Gasteiger partial charge in [-0.05, 0) is 51.5 Å². The molecule has 1 amide bonds. The maximum atomic E-state index is 13.4. The largest absolute Gasteiger partial charge is 0.480 e. The zero-order chi connectivity index (χ0) is 23.1. The second kappa shape index (κ2) is 10.9. The Kier molecular flexibility index (Phi) is 8.26. The normalized spacial score (nSPS) is 24.8. The number of ether oxygens (including phenoxy) is 2. The fourth-order valence-electron chi connectivity index (χ4n) is 4.96. The van der Waals surface area contributed by atoms with Gasteiger partial charge in [0.1, 0.15) is 12.1 Å². The van der Waals surface area contributed by atoms with E-state index in [1.165, 1.54) is 4.90 Å². The molecule has 8 nitrogen and oxygen atoms in total. The quantitative estimate of drug-likeness (QED) is 0.559. The Morgan fingerprint density at radius 3 is 2.66 bits per heavy atom. The van der Waals surface area contributed by atoms with Crippen LogP contribution in [0.4, 0.5) is 0 Å². The van der Waals surface area contributed by atoms with Crippen LogP contribution in [0.3, 0.4) is 0 Å². The third-order valence-electron chi connectivity index (χ3n) is 6.57. The van der Waals surface area contributed by atoms with Crippen molar-refractivity contribution in [2.75, 3.05) is 26.4 Å². The number of nitrogens with one attached hydrogen (secondary N) is 1. The van der Waals surface area contributed by atoms with Gasteiger partial charge in [-0.25, -0.2) is 4.79 Å². The number of carbonyl (C=O) groups is 3. The number of likely N-dealkylation sites (tertiary alicyclic amines) is 1. The number of aliphatic carboxylic acids is 1. The number of hydrogen-bond acceptors (Lipinski definition) is 6. The van der Waals surface area contributed by atoms with Crippen molar-refractivity contribution in [3.63, 3.8) is 0 Å². The van der Waals surface area contributed by atoms with Crippen molar-refractivity contribution in [2.24, 2.45) is 5.41 Å². The number of rotatable bonds is 9. The summed E-state index contributed by atoms with van der Waals surface area (Å²) in [4.78, 5) is 39.6. The van der Waals surface area contributed by atoms with E-state index >= 15 is 0 Å². The van der Waals surface area contributed by atoms with E-state index in [1.54, 1.807) is 13.8 Å². The molecule has 3 rings (SSSR count). The van der Waals surface area contributed by atoms with E-state index in [-0.39, 0.29) is 12.5 Å². The predicted molar refractivity (Wildman–Crippen MR) is 118 cm³/mol. The lowest BCUT2D eigenvalue weighted by molar-refractivity contribution is -0.161. The zero-order valence-corrected chi connectivity index (χ0v) is 18.9. The van der Waals surface area contributed by atoms with Crippen molar-refractivity contribution >= 4 is 17.8 Å². The number of carboxylic acid groups (broad SMARTS) is 1. The SMILES string of the molecule is CCOC(=O)C(CCc1ccccc1)N[C@@H](C)C(=O)N1CCCC2(CCOC2)[C@H]1C(=O)O. The lowest BCUT2D eigenvalue weighted by Crippen LogP contribution is -2.62. The monoisotopic (exact) mass is 446 g/mol. The number of nitrogens with zero attached hydrogens (tertiary/aromatic N) is 1. The van der Waals surface area contributed by atoms with Gasteiger partial charge >= 0.3 is 11.9 Å². The molecule has 2 saturated heterocycles. The smallest absolute Gasteiger partial charge is 0.327 e. The van der Waals surface area contributed by atoms with Gasteiger partial charge in [-0.3, -0.25) is 14.9 Å². The highest BCUT2D eigenvalue weighted by atomic mass is 16.5. The fourth-order valence-corrected chi connectivity index (χ4v) is 4.96. The summed E-state index contributed by atoms with van der Waals surface area (Å²) in [5.41, 5.74) is 0.556. The lowest BCUT2D eigenvalue weighted by Gasteiger charge is -2.46. The standard InChI is InChI=1S/C24H34N2O6/c1-3-32-23(30)19(11-10-18-8-5-4-6-9-18)25-17(2)21(27)26-14-7-12-24(13-15-31-16-24)20(26)22(28)29/h4-6,8-9,17,19-20,25H,3,7,10-16H2,1-2H3,(H,28,29)/t17-,19?,20+,24?/m0/s1. The molecule has 2 heterocycles. The van der Waals surface area contributed by atoms with Gasteiger partial charge in [-0.2, -0.15) is 0 Å². The average Bonchev–Trinajstić information content (AvgIpc) is 3.24. The van der Waals surface area contributed by atoms with Crippen LogP contribution in [0.25, 0.3) is 0 Å². The molecule has 32 heavy (non-hydrogen) atoms. The molecule has 0 aliphatic carbocycles.